The predicted molar refractivity (Wildman–Crippen MR) is 44.9 cm³/mol. The maximum absolute atomic E-state index is 11.2. The predicted octanol–water partition coefficient (Wildman–Crippen LogP) is 2.58. The third-order valence-electron chi connectivity index (χ3n) is 1.04. The van der Waals surface area contributed by atoms with Crippen LogP contribution in [0.1, 0.15) is 13.3 Å². The van der Waals surface area contributed by atoms with E-state index >= 15 is 0 Å². The van der Waals surface area contributed by atoms with E-state index in [9.17, 15) is 13.2 Å². The van der Waals surface area contributed by atoms with Crippen LogP contribution in [0.3, 0.4) is 0 Å². The summed E-state index contributed by atoms with van der Waals surface area (Å²) in [5, 5.41) is 0. The minimum Gasteiger partial charge on any atom is -0.395 e. The Bertz CT molecular complexity index is 136. The monoisotopic (exact) mass is 240 g/mol. The fraction of sp³-hybridized carbons (Fsp3) is 1.00. The van der Waals surface area contributed by atoms with Crippen LogP contribution in [0.4, 0.5) is 13.2 Å². The van der Waals surface area contributed by atoms with Gasteiger partial charge in [0, 0.05) is 6.61 Å². The molecule has 7 heteroatoms. The number of halogens is 5. The lowest BCUT2D eigenvalue weighted by atomic mass is 10.8. The highest BCUT2D eigenvalue weighted by atomic mass is 35.7. The van der Waals surface area contributed by atoms with Crippen molar-refractivity contribution in [2.45, 2.75) is 25.4 Å². The van der Waals surface area contributed by atoms with Crippen molar-refractivity contribution in [1.29, 1.82) is 0 Å². The zero-order chi connectivity index (χ0) is 9.78. The molecule has 12 heavy (non-hydrogen) atoms. The molecule has 0 amide bonds. The first-order valence-electron chi connectivity index (χ1n) is 3.31. The van der Waals surface area contributed by atoms with Crippen molar-refractivity contribution in [3.05, 3.63) is 0 Å². The minimum absolute atomic E-state index is 0.562. The molecule has 1 rings (SSSR count). The van der Waals surface area contributed by atoms with Gasteiger partial charge in [-0.2, -0.15) is 0 Å². The van der Waals surface area contributed by atoms with Gasteiger partial charge in [0.25, 0.3) is 5.92 Å². The van der Waals surface area contributed by atoms with Gasteiger partial charge < -0.3 is 4.43 Å². The summed E-state index contributed by atoms with van der Waals surface area (Å²) < 4.78 is 38.2. The third kappa shape index (κ3) is 6.11. The van der Waals surface area contributed by atoms with E-state index < -0.39 is 26.2 Å². The van der Waals surface area contributed by atoms with Gasteiger partial charge in [-0.05, 0) is 6.92 Å². The Morgan fingerprint density at radius 1 is 1.58 bits per heavy atom. The molecule has 0 aromatic carbocycles. The lowest BCUT2D eigenvalue weighted by molar-refractivity contribution is 0.0870. The van der Waals surface area contributed by atoms with Crippen molar-refractivity contribution in [3.8, 4) is 0 Å². The van der Waals surface area contributed by atoms with Gasteiger partial charge in [0.2, 0.25) is 0 Å². The van der Waals surface area contributed by atoms with Gasteiger partial charge in [-0.3, -0.25) is 0 Å². The molecule has 1 aliphatic carbocycles. The quantitative estimate of drug-likeness (QED) is 0.533. The van der Waals surface area contributed by atoms with Gasteiger partial charge in [-0.15, -0.1) is 22.2 Å². The highest BCUT2D eigenvalue weighted by molar-refractivity contribution is 7.30. The van der Waals surface area contributed by atoms with Crippen LogP contribution in [-0.4, -0.2) is 26.4 Å². The average Bonchev–Trinajstić information content (AvgIpc) is 2.37. The van der Waals surface area contributed by atoms with Crippen LogP contribution in [0.25, 0.3) is 0 Å². The molecule has 1 unspecified atom stereocenters. The van der Waals surface area contributed by atoms with E-state index in [0.29, 0.717) is 6.61 Å². The number of rotatable bonds is 2. The maximum Gasteiger partial charge on any atom is 0.373 e. The fourth-order valence-electron chi connectivity index (χ4n) is 0.306. The lowest BCUT2D eigenvalue weighted by Gasteiger charge is -1.93. The zero-order valence-corrected chi connectivity index (χ0v) is 9.03. The van der Waals surface area contributed by atoms with E-state index in [4.69, 9.17) is 26.6 Å². The average molecular weight is 241 g/mol. The van der Waals surface area contributed by atoms with E-state index in [1.807, 2.05) is 6.92 Å². The first kappa shape index (κ1) is 12.5. The summed E-state index contributed by atoms with van der Waals surface area (Å²) in [6.45, 7) is 2.49. The molecule has 0 radical (unpaired) electrons. The molecule has 0 bridgehead atoms. The second-order valence-electron chi connectivity index (χ2n) is 2.15. The number of hydrogen-bond acceptors (Lipinski definition) is 1. The summed E-state index contributed by atoms with van der Waals surface area (Å²) in [5.41, 5.74) is 0. The lowest BCUT2D eigenvalue weighted by Crippen LogP contribution is -1.99. The highest BCUT2D eigenvalue weighted by Gasteiger charge is 2.58. The normalized spacial score (nSPS) is 24.8. The van der Waals surface area contributed by atoms with Crippen molar-refractivity contribution < 1.29 is 17.6 Å². The Labute approximate surface area is 79.9 Å². The van der Waals surface area contributed by atoms with Crippen LogP contribution in [0.15, 0.2) is 0 Å². The molecule has 1 aliphatic rings. The SMILES string of the molecule is CCO[SiH](Cl)Cl.FC1CC1(F)F. The van der Waals surface area contributed by atoms with Gasteiger partial charge in [-0.25, -0.2) is 13.2 Å². The Balaban J connectivity index is 0.000000202. The standard InChI is InChI=1S/C3H3F3.C2H6Cl2OSi/c4-2-1-3(2,5)6;1-2-5-6(3)4/h2H,1H2;6H,2H2,1H3. The molecule has 0 saturated heterocycles. The summed E-state index contributed by atoms with van der Waals surface area (Å²) in [5.74, 6) is -2.96. The van der Waals surface area contributed by atoms with Crippen molar-refractivity contribution in [1.82, 2.24) is 0 Å². The Hall–Kier alpha value is 0.547. The molecule has 74 valence electrons. The topological polar surface area (TPSA) is 9.23 Å². The first-order chi connectivity index (χ1) is 5.40. The van der Waals surface area contributed by atoms with Gasteiger partial charge in [-0.1, -0.05) is 0 Å². The van der Waals surface area contributed by atoms with Gasteiger partial charge >= 0.3 is 7.66 Å². The Kier molecular flexibility index (Phi) is 5.56. The van der Waals surface area contributed by atoms with Crippen molar-refractivity contribution in [2.75, 3.05) is 6.61 Å². The van der Waals surface area contributed by atoms with E-state index in [1.54, 1.807) is 0 Å². The Morgan fingerprint density at radius 3 is 1.92 bits per heavy atom. The summed E-state index contributed by atoms with van der Waals surface area (Å²) in [6.07, 6.45) is -2.40. The van der Waals surface area contributed by atoms with Crippen LogP contribution in [0.2, 0.25) is 0 Å². The number of alkyl halides is 3. The molecule has 0 N–H and O–H groups in total. The molecule has 1 atom stereocenters. The maximum atomic E-state index is 11.2. The summed E-state index contributed by atoms with van der Waals surface area (Å²) in [6, 6.07) is 0. The zero-order valence-electron chi connectivity index (χ0n) is 6.37. The molecule has 1 fully saturated rings. The van der Waals surface area contributed by atoms with Gasteiger partial charge in [0.15, 0.2) is 6.17 Å². The second-order valence-corrected chi connectivity index (χ2v) is 6.05. The van der Waals surface area contributed by atoms with Gasteiger partial charge in [0.1, 0.15) is 0 Å². The fourth-order valence-corrected chi connectivity index (χ4v) is 1.31. The van der Waals surface area contributed by atoms with Crippen LogP contribution in [-0.2, 0) is 4.43 Å². The van der Waals surface area contributed by atoms with Crippen LogP contribution in [0, 0.1) is 0 Å². The first-order valence-corrected chi connectivity index (χ1v) is 7.28. The largest absolute Gasteiger partial charge is 0.395 e. The van der Waals surface area contributed by atoms with E-state index in [-0.39, 0.29) is 0 Å². The number of hydrogen-bond donors (Lipinski definition) is 0. The molecule has 0 spiro atoms. The minimum atomic E-state index is -2.96. The molecule has 1 saturated carbocycles. The van der Waals surface area contributed by atoms with Crippen molar-refractivity contribution >= 4 is 29.8 Å². The second kappa shape index (κ2) is 5.31. The molecular formula is C5H9Cl2F3OSi. The van der Waals surface area contributed by atoms with Crippen molar-refractivity contribution in [3.63, 3.8) is 0 Å². The van der Waals surface area contributed by atoms with E-state index in [0.717, 1.165) is 0 Å². The van der Waals surface area contributed by atoms with Crippen molar-refractivity contribution in [2.24, 2.45) is 0 Å². The summed E-state index contributed by atoms with van der Waals surface area (Å²) in [4.78, 5) is 0. The van der Waals surface area contributed by atoms with Crippen LogP contribution >= 0.6 is 22.2 Å². The third-order valence-corrected chi connectivity index (χ3v) is 2.38. The van der Waals surface area contributed by atoms with E-state index in [1.165, 1.54) is 0 Å². The Morgan fingerprint density at radius 2 is 1.92 bits per heavy atom. The summed E-state index contributed by atoms with van der Waals surface area (Å²) in [7, 11) is -1.73. The van der Waals surface area contributed by atoms with Gasteiger partial charge in [0.05, 0.1) is 6.42 Å². The molecule has 0 aromatic rings. The molecule has 0 heterocycles. The highest BCUT2D eigenvalue weighted by Crippen LogP contribution is 2.44. The molecule has 1 nitrogen and oxygen atoms in total. The molecule has 0 aromatic heterocycles. The molecular weight excluding hydrogens is 232 g/mol. The van der Waals surface area contributed by atoms with E-state index in [2.05, 4.69) is 0 Å². The van der Waals surface area contributed by atoms with Crippen LogP contribution in [0.5, 0.6) is 0 Å². The smallest absolute Gasteiger partial charge is 0.373 e. The molecule has 0 aliphatic heterocycles. The summed E-state index contributed by atoms with van der Waals surface area (Å²) >= 11 is 10.5. The van der Waals surface area contributed by atoms with Crippen LogP contribution < -0.4 is 0 Å².